The van der Waals surface area contributed by atoms with Crippen molar-refractivity contribution in [2.75, 3.05) is 25.8 Å². The van der Waals surface area contributed by atoms with E-state index >= 15 is 0 Å². The molecular formula is C24H28Cl2N2O7S. The lowest BCUT2D eigenvalue weighted by Gasteiger charge is -2.28. The normalized spacial score (nSPS) is 16.4. The van der Waals surface area contributed by atoms with Gasteiger partial charge in [-0.25, -0.2) is 9.59 Å². The number of aromatic nitrogens is 1. The number of carbonyl (C=O) groups is 2. The van der Waals surface area contributed by atoms with Gasteiger partial charge in [0.2, 0.25) is 0 Å². The van der Waals surface area contributed by atoms with Crippen molar-refractivity contribution < 1.29 is 33.3 Å². The zero-order valence-electron chi connectivity index (χ0n) is 20.6. The van der Waals surface area contributed by atoms with Crippen LogP contribution in [0.5, 0.6) is 11.5 Å². The van der Waals surface area contributed by atoms with Crippen LogP contribution in [0, 0.1) is 5.21 Å². The van der Waals surface area contributed by atoms with Gasteiger partial charge in [0.25, 0.3) is 0 Å². The van der Waals surface area contributed by atoms with E-state index in [1.165, 1.54) is 43.3 Å². The lowest BCUT2D eigenvalue weighted by Crippen LogP contribution is -2.45. The number of nitrogens with zero attached hydrogens (tertiary/aromatic N) is 2. The predicted molar refractivity (Wildman–Crippen MR) is 137 cm³/mol. The molecule has 1 amide bonds. The number of carbonyl (C=O) groups excluding carboxylic acids is 2. The van der Waals surface area contributed by atoms with E-state index in [0.717, 1.165) is 0 Å². The first-order valence-electron chi connectivity index (χ1n) is 11.0. The molecule has 1 fully saturated rings. The van der Waals surface area contributed by atoms with Crippen molar-refractivity contribution in [3.8, 4) is 11.5 Å². The van der Waals surface area contributed by atoms with Crippen molar-refractivity contribution in [2.45, 2.75) is 44.9 Å². The maximum Gasteiger partial charge on any atom is 0.411 e. The zero-order chi connectivity index (χ0) is 26.6. The Morgan fingerprint density at radius 1 is 1.17 bits per heavy atom. The van der Waals surface area contributed by atoms with E-state index in [0.29, 0.717) is 39.0 Å². The van der Waals surface area contributed by atoms with Gasteiger partial charge in [-0.2, -0.15) is 4.73 Å². The Hall–Kier alpha value is -2.56. The highest BCUT2D eigenvalue weighted by Crippen LogP contribution is 2.36. The lowest BCUT2D eigenvalue weighted by molar-refractivity contribution is -0.605. The number of pyridine rings is 1. The third-order valence-electron chi connectivity index (χ3n) is 5.27. The fourth-order valence-electron chi connectivity index (χ4n) is 3.55. The van der Waals surface area contributed by atoms with E-state index in [4.69, 9.17) is 42.1 Å². The summed E-state index contributed by atoms with van der Waals surface area (Å²) in [6, 6.07) is 4.27. The highest BCUT2D eigenvalue weighted by Gasteiger charge is 2.39. The monoisotopic (exact) mass is 558 g/mol. The van der Waals surface area contributed by atoms with Crippen LogP contribution in [0.25, 0.3) is 0 Å². The average Bonchev–Trinajstić information content (AvgIpc) is 3.29. The van der Waals surface area contributed by atoms with Crippen molar-refractivity contribution in [1.29, 1.82) is 0 Å². The summed E-state index contributed by atoms with van der Waals surface area (Å²) in [7, 11) is 3.01. The maximum atomic E-state index is 13.3. The van der Waals surface area contributed by atoms with Gasteiger partial charge in [-0.15, -0.1) is 11.8 Å². The van der Waals surface area contributed by atoms with Crippen LogP contribution in [0.1, 0.15) is 38.0 Å². The number of ether oxygens (including phenoxy) is 4. The van der Waals surface area contributed by atoms with Crippen LogP contribution in [0.2, 0.25) is 10.0 Å². The van der Waals surface area contributed by atoms with Crippen molar-refractivity contribution in [3.05, 3.63) is 57.0 Å². The number of methoxy groups -OCH3 is 2. The number of esters is 1. The molecule has 2 aromatic rings. The zero-order valence-corrected chi connectivity index (χ0v) is 22.9. The molecule has 0 unspecified atom stereocenters. The molecule has 12 heteroatoms. The van der Waals surface area contributed by atoms with Crippen molar-refractivity contribution >= 4 is 47.0 Å². The van der Waals surface area contributed by atoms with E-state index in [1.54, 1.807) is 39.0 Å². The SMILES string of the molecule is COc1ccc([C@H](Cc2c(Cl)c[n+]([O-])cc2Cl)OC(=O)[C@@H]2CSCN2C(=O)OC(C)(C)C)cc1OC. The highest BCUT2D eigenvalue weighted by atomic mass is 35.5. The predicted octanol–water partition coefficient (Wildman–Crippen LogP) is 4.78. The number of thioether (sulfide) groups is 1. The second-order valence-electron chi connectivity index (χ2n) is 9.00. The molecule has 36 heavy (non-hydrogen) atoms. The molecule has 1 saturated heterocycles. The number of rotatable bonds is 7. The van der Waals surface area contributed by atoms with E-state index < -0.39 is 29.8 Å². The molecule has 0 bridgehead atoms. The number of hydrogen-bond acceptors (Lipinski definition) is 8. The Kier molecular flexibility index (Phi) is 9.08. The van der Waals surface area contributed by atoms with Gasteiger partial charge in [-0.1, -0.05) is 29.3 Å². The molecule has 1 aromatic heterocycles. The highest BCUT2D eigenvalue weighted by molar-refractivity contribution is 7.99. The number of amides is 1. The summed E-state index contributed by atoms with van der Waals surface area (Å²) in [5, 5.41) is 12.0. The number of hydrogen-bond donors (Lipinski definition) is 0. The fourth-order valence-corrected chi connectivity index (χ4v) is 5.27. The lowest BCUT2D eigenvalue weighted by atomic mass is 10.0. The minimum Gasteiger partial charge on any atom is -0.619 e. The molecule has 0 radical (unpaired) electrons. The van der Waals surface area contributed by atoms with Crippen LogP contribution < -0.4 is 14.2 Å². The van der Waals surface area contributed by atoms with Crippen molar-refractivity contribution in [1.82, 2.24) is 4.90 Å². The molecule has 1 aromatic carbocycles. The molecular weight excluding hydrogens is 531 g/mol. The van der Waals surface area contributed by atoms with Gasteiger partial charge in [0, 0.05) is 17.7 Å². The first-order chi connectivity index (χ1) is 16.9. The molecule has 2 heterocycles. The summed E-state index contributed by atoms with van der Waals surface area (Å²) in [4.78, 5) is 27.4. The average molecular weight is 559 g/mol. The Morgan fingerprint density at radius 3 is 2.39 bits per heavy atom. The smallest absolute Gasteiger partial charge is 0.411 e. The molecule has 196 valence electrons. The maximum absolute atomic E-state index is 13.3. The molecule has 3 rings (SSSR count). The summed E-state index contributed by atoms with van der Waals surface area (Å²) in [5.74, 6) is 0.992. The van der Waals surface area contributed by atoms with Gasteiger partial charge >= 0.3 is 12.1 Å². The van der Waals surface area contributed by atoms with Crippen LogP contribution in [0.4, 0.5) is 4.79 Å². The van der Waals surface area contributed by atoms with Crippen LogP contribution in [0.15, 0.2) is 30.6 Å². The van der Waals surface area contributed by atoms with Gasteiger partial charge in [0.15, 0.2) is 23.9 Å². The summed E-state index contributed by atoms with van der Waals surface area (Å²) >= 11 is 14.0. The standard InChI is InChI=1S/C24H28Cl2N2O7S/c1-24(2,3)35-23(30)28-13-36-12-18(28)22(29)34-20(9-15-16(25)10-27(31)11-17(15)26)14-6-7-19(32-4)21(8-14)33-5/h6-8,10-11,18,20H,9,12-13H2,1-5H3/t18-,20-/m0/s1. The van der Waals surface area contributed by atoms with E-state index in [-0.39, 0.29) is 16.5 Å². The molecule has 0 aliphatic carbocycles. The minimum atomic E-state index is -0.860. The summed E-state index contributed by atoms with van der Waals surface area (Å²) in [5.41, 5.74) is 0.310. The third-order valence-corrected chi connectivity index (χ3v) is 6.93. The van der Waals surface area contributed by atoms with Gasteiger partial charge < -0.3 is 24.2 Å². The van der Waals surface area contributed by atoms with Crippen LogP contribution in [-0.4, -0.2) is 54.5 Å². The third kappa shape index (κ3) is 6.80. The van der Waals surface area contributed by atoms with Crippen LogP contribution in [-0.2, 0) is 20.7 Å². The summed E-state index contributed by atoms with van der Waals surface area (Å²) in [6.07, 6.45) is 0.973. The minimum absolute atomic E-state index is 0.0754. The first kappa shape index (κ1) is 28.0. The second kappa shape index (κ2) is 11.7. The first-order valence-corrected chi connectivity index (χ1v) is 12.9. The van der Waals surface area contributed by atoms with Crippen LogP contribution >= 0.6 is 35.0 Å². The molecule has 2 atom stereocenters. The Bertz CT molecular complexity index is 1100. The number of benzene rings is 1. The van der Waals surface area contributed by atoms with Crippen molar-refractivity contribution in [3.63, 3.8) is 0 Å². The molecule has 9 nitrogen and oxygen atoms in total. The Morgan fingerprint density at radius 2 is 1.81 bits per heavy atom. The molecule has 1 aliphatic rings. The van der Waals surface area contributed by atoms with Gasteiger partial charge in [0.1, 0.15) is 27.8 Å². The van der Waals surface area contributed by atoms with Gasteiger partial charge in [0.05, 0.1) is 20.1 Å². The Balaban J connectivity index is 1.92. The summed E-state index contributed by atoms with van der Waals surface area (Å²) < 4.78 is 22.6. The molecule has 0 spiro atoms. The second-order valence-corrected chi connectivity index (χ2v) is 10.8. The van der Waals surface area contributed by atoms with E-state index in [1.807, 2.05) is 0 Å². The molecule has 1 aliphatic heterocycles. The topological polar surface area (TPSA) is 101 Å². The quantitative estimate of drug-likeness (QED) is 0.272. The van der Waals surface area contributed by atoms with Crippen LogP contribution in [0.3, 0.4) is 0 Å². The molecule has 0 N–H and O–H groups in total. The number of halogens is 2. The van der Waals surface area contributed by atoms with Crippen molar-refractivity contribution in [2.24, 2.45) is 0 Å². The van der Waals surface area contributed by atoms with Gasteiger partial charge in [-0.05, 0) is 38.5 Å². The van der Waals surface area contributed by atoms with Gasteiger partial charge in [-0.3, -0.25) is 4.90 Å². The van der Waals surface area contributed by atoms with E-state index in [9.17, 15) is 14.8 Å². The largest absolute Gasteiger partial charge is 0.619 e. The summed E-state index contributed by atoms with van der Waals surface area (Å²) in [6.45, 7) is 5.27. The van der Waals surface area contributed by atoms with E-state index in [2.05, 4.69) is 0 Å². The Labute approximate surface area is 224 Å². The fraction of sp³-hybridized carbons (Fsp3) is 0.458. The molecule has 0 saturated carbocycles.